The van der Waals surface area contributed by atoms with Gasteiger partial charge >= 0.3 is 0 Å². The van der Waals surface area contributed by atoms with Gasteiger partial charge < -0.3 is 19.3 Å². The Hall–Kier alpha value is -2.99. The lowest BCUT2D eigenvalue weighted by atomic mass is 9.99. The third kappa shape index (κ3) is 6.63. The molecule has 0 amide bonds. The number of piperidine rings is 2. The molecule has 3 fully saturated rings. The number of rotatable bonds is 9. The lowest BCUT2D eigenvalue weighted by Crippen LogP contribution is -2.56. The molecule has 45 heavy (non-hydrogen) atoms. The first-order chi connectivity index (χ1) is 21.8. The second-order valence-corrected chi connectivity index (χ2v) is 14.3. The third-order valence-electron chi connectivity index (χ3n) is 9.98. The molecule has 6 rings (SSSR count). The number of nitrogens with zero attached hydrogens (tertiary/aromatic N) is 5. The van der Waals surface area contributed by atoms with Gasteiger partial charge in [-0.1, -0.05) is 6.92 Å². The van der Waals surface area contributed by atoms with Crippen LogP contribution in [-0.2, 0) is 9.84 Å². The average molecular weight is 640 g/mol. The highest BCUT2D eigenvalue weighted by Gasteiger charge is 2.34. The van der Waals surface area contributed by atoms with Crippen molar-refractivity contribution in [2.75, 3.05) is 77.5 Å². The summed E-state index contributed by atoms with van der Waals surface area (Å²) in [6.45, 7) is 13.7. The van der Waals surface area contributed by atoms with Crippen LogP contribution in [0.15, 0.2) is 52.4 Å². The van der Waals surface area contributed by atoms with Crippen LogP contribution in [0.5, 0.6) is 11.5 Å². The van der Waals surface area contributed by atoms with Crippen LogP contribution in [0.3, 0.4) is 0 Å². The fourth-order valence-corrected chi connectivity index (χ4v) is 8.81. The molecular weight excluding hydrogens is 593 g/mol. The first-order valence-corrected chi connectivity index (χ1v) is 17.9. The summed E-state index contributed by atoms with van der Waals surface area (Å²) in [7, 11) is -2.51. The summed E-state index contributed by atoms with van der Waals surface area (Å²) in [6, 6.07) is 10.5. The van der Waals surface area contributed by atoms with Crippen LogP contribution in [0, 0.1) is 5.82 Å². The van der Waals surface area contributed by atoms with Crippen molar-refractivity contribution in [2.45, 2.75) is 61.4 Å². The summed E-state index contributed by atoms with van der Waals surface area (Å²) < 4.78 is 53.9. The molecule has 0 spiro atoms. The lowest BCUT2D eigenvalue weighted by molar-refractivity contribution is 0.0384. The molecule has 0 aliphatic carbocycles. The summed E-state index contributed by atoms with van der Waals surface area (Å²) in [6.07, 6.45) is 5.85. The normalized spacial score (nSPS) is 20.1. The van der Waals surface area contributed by atoms with Crippen molar-refractivity contribution in [3.8, 4) is 11.5 Å². The fourth-order valence-electron chi connectivity index (χ4n) is 7.36. The number of anilines is 1. The Morgan fingerprint density at radius 1 is 0.867 bits per heavy atom. The van der Waals surface area contributed by atoms with E-state index >= 15 is 0 Å². The second-order valence-electron chi connectivity index (χ2n) is 12.3. The summed E-state index contributed by atoms with van der Waals surface area (Å²) >= 11 is 0. The number of hydrogen-bond acceptors (Lipinski definition) is 9. The van der Waals surface area contributed by atoms with Crippen LogP contribution in [0.4, 0.5) is 10.1 Å². The van der Waals surface area contributed by atoms with Gasteiger partial charge in [0.15, 0.2) is 11.6 Å². The summed E-state index contributed by atoms with van der Waals surface area (Å²) in [5.41, 5.74) is 1.29. The Morgan fingerprint density at radius 3 is 2.09 bits per heavy atom. The zero-order valence-electron chi connectivity index (χ0n) is 26.8. The quantitative estimate of drug-likeness (QED) is 0.332. The zero-order chi connectivity index (χ0) is 31.6. The van der Waals surface area contributed by atoms with Crippen molar-refractivity contribution in [3.63, 3.8) is 0 Å². The highest BCUT2D eigenvalue weighted by Crippen LogP contribution is 2.39. The number of ether oxygens (including phenoxy) is 2. The van der Waals surface area contributed by atoms with Crippen LogP contribution < -0.4 is 14.4 Å². The van der Waals surface area contributed by atoms with E-state index in [1.807, 2.05) is 18.2 Å². The molecule has 11 heteroatoms. The minimum atomic E-state index is -4.10. The van der Waals surface area contributed by atoms with Gasteiger partial charge in [0, 0.05) is 62.9 Å². The molecule has 2 aromatic carbocycles. The zero-order valence-corrected chi connectivity index (χ0v) is 27.6. The van der Waals surface area contributed by atoms with E-state index in [9.17, 15) is 12.8 Å². The highest BCUT2D eigenvalue weighted by molar-refractivity contribution is 7.91. The molecule has 244 valence electrons. The summed E-state index contributed by atoms with van der Waals surface area (Å²) in [5, 5.41) is 0.711. The predicted octanol–water partition coefficient (Wildman–Crippen LogP) is 4.68. The number of fused-ring (bicyclic) bond motifs is 1. The Labute approximate surface area is 266 Å². The van der Waals surface area contributed by atoms with Crippen LogP contribution >= 0.6 is 0 Å². The van der Waals surface area contributed by atoms with Crippen LogP contribution in [0.2, 0.25) is 0 Å². The second kappa shape index (κ2) is 13.8. The first kappa shape index (κ1) is 32.0. The molecule has 0 unspecified atom stereocenters. The number of methoxy groups -OCH3 is 1. The molecule has 0 atom stereocenters. The van der Waals surface area contributed by atoms with Gasteiger partial charge in [-0.2, -0.15) is 0 Å². The Morgan fingerprint density at radius 2 is 1.51 bits per heavy atom. The molecule has 0 N–H and O–H groups in total. The van der Waals surface area contributed by atoms with E-state index in [1.54, 1.807) is 14.0 Å². The molecule has 3 aromatic rings. The number of benzene rings is 2. The van der Waals surface area contributed by atoms with Gasteiger partial charge in [-0.3, -0.25) is 14.8 Å². The number of aromatic nitrogens is 1. The number of piperazine rings is 1. The Kier molecular flexibility index (Phi) is 9.79. The topological polar surface area (TPSA) is 78.4 Å². The van der Waals surface area contributed by atoms with E-state index in [0.29, 0.717) is 34.4 Å². The van der Waals surface area contributed by atoms with Crippen molar-refractivity contribution >= 4 is 26.4 Å². The molecule has 3 saturated heterocycles. The average Bonchev–Trinajstić information content (AvgIpc) is 3.08. The van der Waals surface area contributed by atoms with Crippen molar-refractivity contribution in [1.82, 2.24) is 19.7 Å². The largest absolute Gasteiger partial charge is 0.497 e. The molecular formula is C34H46FN5O4S. The summed E-state index contributed by atoms with van der Waals surface area (Å²) in [5.74, 6) is -0.0506. The molecule has 0 radical (unpaired) electrons. The van der Waals surface area contributed by atoms with E-state index in [-0.39, 0.29) is 22.1 Å². The number of sulfone groups is 1. The number of hydrogen-bond donors (Lipinski definition) is 0. The van der Waals surface area contributed by atoms with Crippen LogP contribution in [0.25, 0.3) is 10.9 Å². The van der Waals surface area contributed by atoms with Crippen LogP contribution in [-0.4, -0.2) is 113 Å². The van der Waals surface area contributed by atoms with Crippen molar-refractivity contribution in [2.24, 2.45) is 0 Å². The Bertz CT molecular complexity index is 1580. The van der Waals surface area contributed by atoms with E-state index < -0.39 is 15.7 Å². The van der Waals surface area contributed by atoms with E-state index in [2.05, 4.69) is 31.5 Å². The van der Waals surface area contributed by atoms with Gasteiger partial charge in [0.05, 0.1) is 29.8 Å². The van der Waals surface area contributed by atoms with Gasteiger partial charge in [0.25, 0.3) is 0 Å². The molecule has 4 heterocycles. The minimum Gasteiger partial charge on any atom is -0.497 e. The number of likely N-dealkylation sites (tertiary alicyclic amines) is 1. The van der Waals surface area contributed by atoms with Gasteiger partial charge in [-0.25, -0.2) is 12.8 Å². The van der Waals surface area contributed by atoms with Crippen molar-refractivity contribution in [1.29, 1.82) is 0 Å². The number of halogens is 1. The predicted molar refractivity (Wildman–Crippen MR) is 175 cm³/mol. The SMILES string of the molecule is CCOc1ccc(S(=O)(=O)c2cnc3ccc(OC)cc3c2N2CCC(N3CCN(C4CCN(CC)CC4)CC3)CC2)cc1F. The van der Waals surface area contributed by atoms with Gasteiger partial charge in [-0.15, -0.1) is 0 Å². The smallest absolute Gasteiger partial charge is 0.210 e. The maximum atomic E-state index is 14.8. The monoisotopic (exact) mass is 639 g/mol. The molecule has 0 saturated carbocycles. The molecule has 1 aromatic heterocycles. The first-order valence-electron chi connectivity index (χ1n) is 16.4. The fraction of sp³-hybridized carbons (Fsp3) is 0.559. The van der Waals surface area contributed by atoms with Gasteiger partial charge in [-0.05, 0) is 88.6 Å². The van der Waals surface area contributed by atoms with E-state index in [1.165, 1.54) is 44.3 Å². The van der Waals surface area contributed by atoms with Crippen molar-refractivity contribution < 1.29 is 22.3 Å². The molecule has 0 bridgehead atoms. The van der Waals surface area contributed by atoms with Gasteiger partial charge in [0.2, 0.25) is 9.84 Å². The van der Waals surface area contributed by atoms with Crippen molar-refractivity contribution in [3.05, 3.63) is 48.4 Å². The van der Waals surface area contributed by atoms with E-state index in [0.717, 1.165) is 64.7 Å². The molecule has 9 nitrogen and oxygen atoms in total. The highest BCUT2D eigenvalue weighted by atomic mass is 32.2. The lowest BCUT2D eigenvalue weighted by Gasteiger charge is -2.46. The maximum Gasteiger partial charge on any atom is 0.210 e. The van der Waals surface area contributed by atoms with E-state index in [4.69, 9.17) is 9.47 Å². The molecule has 3 aliphatic heterocycles. The van der Waals surface area contributed by atoms with Crippen LogP contribution in [0.1, 0.15) is 39.5 Å². The molecule has 3 aliphatic rings. The summed E-state index contributed by atoms with van der Waals surface area (Å²) in [4.78, 5) is 14.5. The minimum absolute atomic E-state index is 0.0304. The van der Waals surface area contributed by atoms with Gasteiger partial charge in [0.1, 0.15) is 10.6 Å². The third-order valence-corrected chi connectivity index (χ3v) is 11.7. The Balaban J connectivity index is 1.21. The number of pyridine rings is 1. The maximum absolute atomic E-state index is 14.8. The standard InChI is InChI=1S/C34H46FN5O4S/c1-4-37-14-10-25(11-15-37)38-18-20-39(21-19-38)26-12-16-40(17-13-26)34-29-22-27(43-3)6-8-31(29)36-24-33(34)45(41,42)28-7-9-32(44-5-2)30(35)23-28/h6-9,22-26H,4-5,10-21H2,1-3H3.